The quantitative estimate of drug-likeness (QED) is 0.854. The average Bonchev–Trinajstić information content (AvgIpc) is 2.90. The summed E-state index contributed by atoms with van der Waals surface area (Å²) in [7, 11) is -3.92. The molecule has 0 fully saturated rings. The van der Waals surface area contributed by atoms with Crippen LogP contribution in [0.15, 0.2) is 40.6 Å². The van der Waals surface area contributed by atoms with Crippen molar-refractivity contribution in [3.63, 3.8) is 0 Å². The van der Waals surface area contributed by atoms with Crippen molar-refractivity contribution in [3.05, 3.63) is 52.0 Å². The third kappa shape index (κ3) is 4.10. The number of halogens is 1. The van der Waals surface area contributed by atoms with Gasteiger partial charge in [0.1, 0.15) is 10.7 Å². The van der Waals surface area contributed by atoms with E-state index in [1.54, 1.807) is 18.3 Å². The summed E-state index contributed by atoms with van der Waals surface area (Å²) in [5.74, 6) is -0.864. The van der Waals surface area contributed by atoms with Crippen LogP contribution < -0.4 is 4.72 Å². The van der Waals surface area contributed by atoms with Gasteiger partial charge in [0.2, 0.25) is 10.0 Å². The average molecular weight is 329 g/mol. The van der Waals surface area contributed by atoms with Crippen molar-refractivity contribution in [3.8, 4) is 0 Å². The molecular formula is C14H16FNO3S2. The summed E-state index contributed by atoms with van der Waals surface area (Å²) >= 11 is 1.54. The molecule has 0 aliphatic rings. The molecule has 0 spiro atoms. The molecule has 114 valence electrons. The first kappa shape index (κ1) is 16.1. The molecule has 0 radical (unpaired) electrons. The van der Waals surface area contributed by atoms with Gasteiger partial charge in [0.25, 0.3) is 0 Å². The van der Waals surface area contributed by atoms with Crippen LogP contribution in [-0.4, -0.2) is 19.6 Å². The van der Waals surface area contributed by atoms with Crippen LogP contribution in [0.5, 0.6) is 0 Å². The van der Waals surface area contributed by atoms with E-state index in [0.717, 1.165) is 10.9 Å². The molecule has 0 aliphatic heterocycles. The summed E-state index contributed by atoms with van der Waals surface area (Å²) < 4.78 is 40.7. The van der Waals surface area contributed by atoms with Crippen LogP contribution in [0, 0.1) is 5.82 Å². The maximum absolute atomic E-state index is 13.8. The Bertz CT molecular complexity index is 699. The van der Waals surface area contributed by atoms with E-state index in [9.17, 15) is 12.8 Å². The second kappa shape index (κ2) is 6.65. The molecule has 0 amide bonds. The summed E-state index contributed by atoms with van der Waals surface area (Å²) in [4.78, 5) is 0.652. The summed E-state index contributed by atoms with van der Waals surface area (Å²) in [6.45, 7) is 1.40. The Kier molecular flexibility index (Phi) is 5.10. The van der Waals surface area contributed by atoms with Crippen LogP contribution in [-0.2, 0) is 23.1 Å². The van der Waals surface area contributed by atoms with E-state index in [-0.39, 0.29) is 12.6 Å². The smallest absolute Gasteiger partial charge is 0.243 e. The zero-order valence-electron chi connectivity index (χ0n) is 11.4. The molecule has 0 aliphatic carbocycles. The molecule has 0 saturated carbocycles. The molecule has 1 atom stereocenters. The Morgan fingerprint density at radius 2 is 2.14 bits per heavy atom. The highest BCUT2D eigenvalue weighted by molar-refractivity contribution is 7.89. The zero-order chi connectivity index (χ0) is 15.5. The third-order valence-corrected chi connectivity index (χ3v) is 5.43. The normalized spacial score (nSPS) is 13.3. The van der Waals surface area contributed by atoms with Crippen molar-refractivity contribution in [2.75, 3.05) is 0 Å². The number of thiophene rings is 1. The van der Waals surface area contributed by atoms with Crippen molar-refractivity contribution in [1.82, 2.24) is 4.72 Å². The predicted octanol–water partition coefficient (Wildman–Crippen LogP) is 2.29. The fourth-order valence-corrected chi connectivity index (χ4v) is 4.10. The van der Waals surface area contributed by atoms with E-state index < -0.39 is 20.7 Å². The van der Waals surface area contributed by atoms with Gasteiger partial charge in [-0.25, -0.2) is 17.5 Å². The second-order valence-corrected chi connectivity index (χ2v) is 7.44. The molecule has 4 nitrogen and oxygen atoms in total. The lowest BCUT2D eigenvalue weighted by Gasteiger charge is -2.14. The number of aliphatic hydroxyl groups is 1. The van der Waals surface area contributed by atoms with Gasteiger partial charge in [-0.1, -0.05) is 12.1 Å². The van der Waals surface area contributed by atoms with Gasteiger partial charge in [-0.05, 0) is 42.5 Å². The van der Waals surface area contributed by atoms with Gasteiger partial charge >= 0.3 is 0 Å². The highest BCUT2D eigenvalue weighted by Gasteiger charge is 2.21. The summed E-state index contributed by atoms with van der Waals surface area (Å²) in [6.07, 6.45) is 0.549. The van der Waals surface area contributed by atoms with Crippen LogP contribution in [0.25, 0.3) is 0 Å². The van der Waals surface area contributed by atoms with Crippen molar-refractivity contribution < 1.29 is 17.9 Å². The minimum atomic E-state index is -3.92. The lowest BCUT2D eigenvalue weighted by molar-refractivity contribution is 0.281. The number of hydrogen-bond donors (Lipinski definition) is 2. The van der Waals surface area contributed by atoms with Crippen LogP contribution in [0.3, 0.4) is 0 Å². The summed E-state index contributed by atoms with van der Waals surface area (Å²) in [6, 6.07) is 7.06. The maximum Gasteiger partial charge on any atom is 0.243 e. The lowest BCUT2D eigenvalue weighted by atomic mass is 10.2. The molecule has 2 rings (SSSR count). The first-order chi connectivity index (χ1) is 9.92. The molecule has 2 N–H and O–H groups in total. The molecule has 0 saturated heterocycles. The van der Waals surface area contributed by atoms with E-state index in [1.807, 2.05) is 17.5 Å². The van der Waals surface area contributed by atoms with Crippen LogP contribution >= 0.6 is 11.3 Å². The zero-order valence-corrected chi connectivity index (χ0v) is 13.0. The molecule has 1 heterocycles. The Morgan fingerprint density at radius 1 is 1.38 bits per heavy atom. The van der Waals surface area contributed by atoms with Crippen molar-refractivity contribution in [2.45, 2.75) is 30.9 Å². The molecule has 1 unspecified atom stereocenters. The van der Waals surface area contributed by atoms with E-state index in [1.165, 1.54) is 12.1 Å². The van der Waals surface area contributed by atoms with Gasteiger partial charge < -0.3 is 5.11 Å². The van der Waals surface area contributed by atoms with E-state index in [0.29, 0.717) is 12.0 Å². The minimum Gasteiger partial charge on any atom is -0.392 e. The number of hydrogen-bond acceptors (Lipinski definition) is 4. The molecule has 1 aromatic heterocycles. The molecule has 1 aromatic carbocycles. The Labute approximate surface area is 127 Å². The van der Waals surface area contributed by atoms with Gasteiger partial charge in [-0.15, -0.1) is 11.3 Å². The maximum atomic E-state index is 13.8. The topological polar surface area (TPSA) is 66.4 Å². The number of nitrogens with one attached hydrogen (secondary N) is 1. The van der Waals surface area contributed by atoms with Crippen molar-refractivity contribution in [2.24, 2.45) is 0 Å². The number of benzene rings is 1. The van der Waals surface area contributed by atoms with Crippen LogP contribution in [0.4, 0.5) is 4.39 Å². The molecule has 0 bridgehead atoms. The van der Waals surface area contributed by atoms with Gasteiger partial charge in [0.15, 0.2) is 0 Å². The minimum absolute atomic E-state index is 0.332. The lowest BCUT2D eigenvalue weighted by Crippen LogP contribution is -2.34. The van der Waals surface area contributed by atoms with Crippen LogP contribution in [0.1, 0.15) is 17.4 Å². The van der Waals surface area contributed by atoms with E-state index in [4.69, 9.17) is 5.11 Å². The van der Waals surface area contributed by atoms with Crippen molar-refractivity contribution in [1.29, 1.82) is 0 Å². The van der Waals surface area contributed by atoms with E-state index >= 15 is 0 Å². The Balaban J connectivity index is 2.14. The first-order valence-corrected chi connectivity index (χ1v) is 8.72. The predicted molar refractivity (Wildman–Crippen MR) is 80.1 cm³/mol. The highest BCUT2D eigenvalue weighted by atomic mass is 32.2. The Morgan fingerprint density at radius 3 is 2.71 bits per heavy atom. The summed E-state index contributed by atoms with van der Waals surface area (Å²) in [5.41, 5.74) is 0.332. The largest absolute Gasteiger partial charge is 0.392 e. The van der Waals surface area contributed by atoms with Gasteiger partial charge in [0.05, 0.1) is 6.61 Å². The third-order valence-electron chi connectivity index (χ3n) is 2.91. The highest BCUT2D eigenvalue weighted by Crippen LogP contribution is 2.18. The second-order valence-electron chi connectivity index (χ2n) is 4.73. The molecular weight excluding hydrogens is 313 g/mol. The van der Waals surface area contributed by atoms with Gasteiger partial charge in [-0.3, -0.25) is 0 Å². The molecule has 2 aromatic rings. The monoisotopic (exact) mass is 329 g/mol. The summed E-state index contributed by atoms with van der Waals surface area (Å²) in [5, 5.41) is 10.8. The Hall–Kier alpha value is -1.28. The van der Waals surface area contributed by atoms with Crippen LogP contribution in [0.2, 0.25) is 0 Å². The first-order valence-electron chi connectivity index (χ1n) is 6.36. The SMILES string of the molecule is CC(Cc1cccs1)NS(=O)(=O)c1ccc(CO)cc1F. The molecule has 7 heteroatoms. The van der Waals surface area contributed by atoms with E-state index in [2.05, 4.69) is 4.72 Å². The fraction of sp³-hybridized carbons (Fsp3) is 0.286. The number of sulfonamides is 1. The number of aliphatic hydroxyl groups excluding tert-OH is 1. The van der Waals surface area contributed by atoms with Gasteiger partial charge in [0, 0.05) is 10.9 Å². The molecule has 21 heavy (non-hydrogen) atoms. The van der Waals surface area contributed by atoms with Crippen molar-refractivity contribution >= 4 is 21.4 Å². The fourth-order valence-electron chi connectivity index (χ4n) is 1.96. The number of rotatable bonds is 6. The standard InChI is InChI=1S/C14H16FNO3S2/c1-10(7-12-3-2-6-20-12)16-21(18,19)14-5-4-11(9-17)8-13(14)15/h2-6,8,10,16-17H,7,9H2,1H3. The van der Waals surface area contributed by atoms with Gasteiger partial charge in [-0.2, -0.15) is 0 Å².